The molecule has 0 unspecified atom stereocenters. The number of carbonyl (C=O) groups is 3. The van der Waals surface area contributed by atoms with Crippen LogP contribution in [0.2, 0.25) is 0 Å². The van der Waals surface area contributed by atoms with Crippen molar-refractivity contribution in [3.8, 4) is 40.2 Å². The maximum absolute atomic E-state index is 12.7. The molecule has 0 aliphatic carbocycles. The number of hydrogen-bond donors (Lipinski definition) is 2. The molecule has 3 rings (SSSR count). The number of ether oxygens (including phenoxy) is 7. The molecule has 0 atom stereocenters. The van der Waals surface area contributed by atoms with Crippen molar-refractivity contribution >= 4 is 24.0 Å². The lowest BCUT2D eigenvalue weighted by molar-refractivity contribution is -0.121. The Kier molecular flexibility index (Phi) is 12.2. The molecule has 3 aromatic carbocycles. The number of amides is 2. The fourth-order valence-corrected chi connectivity index (χ4v) is 3.97. The number of carbonyl (C=O) groups excluding carboxylic acids is 3. The monoisotopic (exact) mass is 609 g/mol. The van der Waals surface area contributed by atoms with Gasteiger partial charge in [-0.2, -0.15) is 5.10 Å². The van der Waals surface area contributed by atoms with Gasteiger partial charge in [-0.25, -0.2) is 10.2 Å². The van der Waals surface area contributed by atoms with E-state index in [1.807, 2.05) is 0 Å². The summed E-state index contributed by atoms with van der Waals surface area (Å²) in [6, 6.07) is 12.6. The van der Waals surface area contributed by atoms with Gasteiger partial charge in [-0.1, -0.05) is 0 Å². The zero-order chi connectivity index (χ0) is 32.1. The Balaban J connectivity index is 1.49. The van der Waals surface area contributed by atoms with Crippen molar-refractivity contribution in [2.75, 3.05) is 49.2 Å². The molecule has 2 N–H and O–H groups in total. The molecule has 0 saturated heterocycles. The van der Waals surface area contributed by atoms with Crippen molar-refractivity contribution in [3.05, 3.63) is 65.2 Å². The van der Waals surface area contributed by atoms with Crippen LogP contribution in [0.15, 0.2) is 53.6 Å². The van der Waals surface area contributed by atoms with Crippen molar-refractivity contribution in [2.45, 2.75) is 12.8 Å². The maximum Gasteiger partial charge on any atom is 0.343 e. The molecule has 0 heterocycles. The summed E-state index contributed by atoms with van der Waals surface area (Å²) in [6.45, 7) is 0.257. The molecule has 13 heteroatoms. The van der Waals surface area contributed by atoms with E-state index < -0.39 is 5.97 Å². The summed E-state index contributed by atoms with van der Waals surface area (Å²) < 4.78 is 37.1. The van der Waals surface area contributed by atoms with Gasteiger partial charge < -0.3 is 38.5 Å². The number of nitrogens with one attached hydrogen (secondary N) is 2. The first-order valence-corrected chi connectivity index (χ1v) is 13.3. The first-order valence-electron chi connectivity index (χ1n) is 13.3. The van der Waals surface area contributed by atoms with E-state index >= 15 is 0 Å². The highest BCUT2D eigenvalue weighted by atomic mass is 16.6. The normalized spacial score (nSPS) is 10.5. The number of hydrogen-bond acceptors (Lipinski definition) is 11. The first kappa shape index (κ1) is 33.0. The zero-order valence-corrected chi connectivity index (χ0v) is 25.3. The Labute approximate surface area is 255 Å². The third kappa shape index (κ3) is 8.53. The minimum atomic E-state index is -0.613. The molecule has 0 spiro atoms. The van der Waals surface area contributed by atoms with Crippen molar-refractivity contribution in [1.82, 2.24) is 10.7 Å². The molecule has 13 nitrogen and oxygen atoms in total. The number of nitrogens with zero attached hydrogens (tertiary/aromatic N) is 1. The minimum absolute atomic E-state index is 0.126. The van der Waals surface area contributed by atoms with Gasteiger partial charge in [-0.15, -0.1) is 0 Å². The Bertz CT molecular complexity index is 1480. The SMILES string of the molecule is COc1ccc(C(=O)Oc2ccc(/C=N/NC(=O)CCCNC(=O)c3cc(OC)c(OC)c(OC)c3)cc2OC)cc1OC. The van der Waals surface area contributed by atoms with Crippen LogP contribution in [0.25, 0.3) is 0 Å². The molecule has 0 fully saturated rings. The van der Waals surface area contributed by atoms with Crippen LogP contribution >= 0.6 is 0 Å². The molecule has 0 radical (unpaired) electrons. The Morgan fingerprint density at radius 1 is 0.682 bits per heavy atom. The lowest BCUT2D eigenvalue weighted by atomic mass is 10.1. The number of hydrazone groups is 1. The number of methoxy groups -OCH3 is 6. The average Bonchev–Trinajstić information content (AvgIpc) is 3.05. The summed E-state index contributed by atoms with van der Waals surface area (Å²) in [5.41, 5.74) is 3.62. The third-order valence-electron chi connectivity index (χ3n) is 6.21. The summed E-state index contributed by atoms with van der Waals surface area (Å²) in [4.78, 5) is 37.5. The molecule has 3 aromatic rings. The van der Waals surface area contributed by atoms with Crippen LogP contribution in [0.1, 0.15) is 39.1 Å². The van der Waals surface area contributed by atoms with Gasteiger partial charge in [0.05, 0.1) is 54.4 Å². The highest BCUT2D eigenvalue weighted by Crippen LogP contribution is 2.38. The minimum Gasteiger partial charge on any atom is -0.493 e. The van der Waals surface area contributed by atoms with Crippen molar-refractivity contribution < 1.29 is 47.5 Å². The predicted octanol–water partition coefficient (Wildman–Crippen LogP) is 3.62. The second kappa shape index (κ2) is 16.2. The van der Waals surface area contributed by atoms with E-state index in [4.69, 9.17) is 33.2 Å². The van der Waals surface area contributed by atoms with Crippen LogP contribution in [0, 0.1) is 0 Å². The summed E-state index contributed by atoms with van der Waals surface area (Å²) >= 11 is 0. The van der Waals surface area contributed by atoms with Crippen LogP contribution in [-0.2, 0) is 4.79 Å². The summed E-state index contributed by atoms with van der Waals surface area (Å²) in [5.74, 6) is 1.16. The van der Waals surface area contributed by atoms with Gasteiger partial charge in [-0.3, -0.25) is 9.59 Å². The van der Waals surface area contributed by atoms with Crippen LogP contribution in [0.4, 0.5) is 0 Å². The Morgan fingerprint density at radius 3 is 1.89 bits per heavy atom. The lowest BCUT2D eigenvalue weighted by Crippen LogP contribution is -2.26. The molecule has 44 heavy (non-hydrogen) atoms. The molecule has 0 aromatic heterocycles. The molecular formula is C31H35N3O10. The van der Waals surface area contributed by atoms with Gasteiger partial charge >= 0.3 is 5.97 Å². The number of rotatable bonds is 15. The number of esters is 1. The van der Waals surface area contributed by atoms with Gasteiger partial charge in [0.25, 0.3) is 5.91 Å². The second-order valence-corrected chi connectivity index (χ2v) is 8.94. The quantitative estimate of drug-likeness (QED) is 0.0859. The maximum atomic E-state index is 12.7. The standard InChI is InChI=1S/C31H35N3O10/c1-38-22-12-10-20(15-25(22)40-3)31(37)44-23-11-9-19(14-24(23)39-2)18-33-34-28(35)8-7-13-32-30(36)21-16-26(41-4)29(43-6)27(17-21)42-5/h9-12,14-18H,7-8,13H2,1-6H3,(H,32,36)(H,34,35)/b33-18+. The Hall–Kier alpha value is -5.46. The molecule has 0 bridgehead atoms. The largest absolute Gasteiger partial charge is 0.493 e. The van der Waals surface area contributed by atoms with E-state index in [9.17, 15) is 14.4 Å². The molecule has 234 valence electrons. The highest BCUT2D eigenvalue weighted by molar-refractivity contribution is 5.95. The topological polar surface area (TPSA) is 152 Å². The van der Waals surface area contributed by atoms with Crippen LogP contribution in [-0.4, -0.2) is 73.2 Å². The Morgan fingerprint density at radius 2 is 1.27 bits per heavy atom. The average molecular weight is 610 g/mol. The van der Waals surface area contributed by atoms with E-state index in [0.717, 1.165) is 0 Å². The van der Waals surface area contributed by atoms with Gasteiger partial charge in [0.15, 0.2) is 34.5 Å². The van der Waals surface area contributed by atoms with Gasteiger partial charge in [0.2, 0.25) is 11.7 Å². The van der Waals surface area contributed by atoms with E-state index in [2.05, 4.69) is 15.8 Å². The molecular weight excluding hydrogens is 574 g/mol. The smallest absolute Gasteiger partial charge is 0.343 e. The summed E-state index contributed by atoms with van der Waals surface area (Å²) in [5, 5.41) is 6.72. The number of benzene rings is 3. The summed E-state index contributed by atoms with van der Waals surface area (Å²) in [7, 11) is 8.81. The molecule has 0 aliphatic heterocycles. The van der Waals surface area contributed by atoms with Crippen molar-refractivity contribution in [1.29, 1.82) is 0 Å². The molecule has 0 aliphatic rings. The van der Waals surface area contributed by atoms with Crippen molar-refractivity contribution in [3.63, 3.8) is 0 Å². The molecule has 0 saturated carbocycles. The third-order valence-corrected chi connectivity index (χ3v) is 6.21. The zero-order valence-electron chi connectivity index (χ0n) is 25.3. The van der Waals surface area contributed by atoms with Gasteiger partial charge in [-0.05, 0) is 60.5 Å². The van der Waals surface area contributed by atoms with Crippen LogP contribution in [0.3, 0.4) is 0 Å². The second-order valence-electron chi connectivity index (χ2n) is 8.94. The summed E-state index contributed by atoms with van der Waals surface area (Å²) in [6.07, 6.45) is 1.93. The van der Waals surface area contributed by atoms with Crippen molar-refractivity contribution in [2.24, 2.45) is 5.10 Å². The van der Waals surface area contributed by atoms with Gasteiger partial charge in [0, 0.05) is 18.5 Å². The first-order chi connectivity index (χ1) is 21.3. The van der Waals surface area contributed by atoms with Crippen LogP contribution < -0.4 is 43.9 Å². The van der Waals surface area contributed by atoms with E-state index in [0.29, 0.717) is 46.3 Å². The fourth-order valence-electron chi connectivity index (χ4n) is 3.97. The lowest BCUT2D eigenvalue weighted by Gasteiger charge is -2.14. The van der Waals surface area contributed by atoms with E-state index in [-0.39, 0.29) is 41.8 Å². The highest BCUT2D eigenvalue weighted by Gasteiger charge is 2.18. The molecule has 2 amide bonds. The van der Waals surface area contributed by atoms with E-state index in [1.54, 1.807) is 42.5 Å². The fraction of sp³-hybridized carbons (Fsp3) is 0.290. The van der Waals surface area contributed by atoms with Gasteiger partial charge in [0.1, 0.15) is 0 Å². The van der Waals surface area contributed by atoms with Crippen LogP contribution in [0.5, 0.6) is 40.2 Å². The van der Waals surface area contributed by atoms with E-state index in [1.165, 1.54) is 54.9 Å². The predicted molar refractivity (Wildman–Crippen MR) is 161 cm³/mol.